The average molecular weight is 346 g/mol. The molecule has 0 N–H and O–H groups in total. The van der Waals surface area contributed by atoms with Gasteiger partial charge in [-0.1, -0.05) is 0 Å². The number of carbonyl (C=O) groups is 1. The van der Waals surface area contributed by atoms with Crippen LogP contribution in [0.5, 0.6) is 0 Å². The number of hydrogen-bond donors (Lipinski definition) is 0. The minimum atomic E-state index is -0.277. The van der Waals surface area contributed by atoms with E-state index in [1.54, 1.807) is 30.3 Å². The van der Waals surface area contributed by atoms with Crippen LogP contribution in [-0.4, -0.2) is 38.0 Å². The third-order valence-corrected chi connectivity index (χ3v) is 5.26. The maximum Gasteiger partial charge on any atom is 0.330 e. The van der Waals surface area contributed by atoms with E-state index in [1.165, 1.54) is 15.2 Å². The molecule has 8 heteroatoms. The summed E-state index contributed by atoms with van der Waals surface area (Å²) in [4.78, 5) is 31.5. The van der Waals surface area contributed by atoms with Crippen LogP contribution in [0.3, 0.4) is 0 Å². The second-order valence-corrected chi connectivity index (χ2v) is 6.87. The number of pyridine rings is 1. The van der Waals surface area contributed by atoms with Gasteiger partial charge in [-0.2, -0.15) is 4.39 Å². The Morgan fingerprint density at radius 2 is 2.17 bits per heavy atom. The number of likely N-dealkylation sites (tertiary alicyclic amines) is 1. The van der Waals surface area contributed by atoms with Crippen LogP contribution in [0.15, 0.2) is 29.2 Å². The molecule has 1 amide bonds. The molecule has 0 atom stereocenters. The summed E-state index contributed by atoms with van der Waals surface area (Å²) in [7, 11) is 1.63. The number of halogens is 1. The maximum atomic E-state index is 13.3. The largest absolute Gasteiger partial charge is 0.341 e. The van der Waals surface area contributed by atoms with E-state index in [9.17, 15) is 14.0 Å². The number of aryl methyl sites for hydroxylation is 1. The summed E-state index contributed by atoms with van der Waals surface area (Å²) in [6.07, 6.45) is 2.63. The van der Waals surface area contributed by atoms with Gasteiger partial charge < -0.3 is 4.90 Å². The van der Waals surface area contributed by atoms with E-state index in [4.69, 9.17) is 0 Å². The van der Waals surface area contributed by atoms with Crippen LogP contribution in [0.4, 0.5) is 4.39 Å². The molecule has 0 bridgehead atoms. The van der Waals surface area contributed by atoms with Crippen molar-refractivity contribution in [1.82, 2.24) is 19.0 Å². The molecule has 1 aliphatic rings. The first-order chi connectivity index (χ1) is 11.5. The summed E-state index contributed by atoms with van der Waals surface area (Å²) >= 11 is 1.02. The second-order valence-electron chi connectivity index (χ2n) is 5.83. The molecular weight excluding hydrogens is 331 g/mol. The van der Waals surface area contributed by atoms with E-state index < -0.39 is 0 Å². The van der Waals surface area contributed by atoms with E-state index in [0.717, 1.165) is 41.3 Å². The fourth-order valence-electron chi connectivity index (χ4n) is 2.84. The number of nitrogens with zero attached hydrogens (tertiary/aromatic N) is 4. The van der Waals surface area contributed by atoms with Gasteiger partial charge in [0.2, 0.25) is 5.91 Å². The monoisotopic (exact) mass is 346 g/mol. The quantitative estimate of drug-likeness (QED) is 0.727. The smallest absolute Gasteiger partial charge is 0.330 e. The van der Waals surface area contributed by atoms with Crippen molar-refractivity contribution in [2.75, 3.05) is 13.1 Å². The summed E-state index contributed by atoms with van der Waals surface area (Å²) in [6, 6.07) is 4.87. The molecule has 0 aliphatic carbocycles. The zero-order chi connectivity index (χ0) is 16.8. The van der Waals surface area contributed by atoms with Gasteiger partial charge in [0.05, 0.1) is 5.52 Å². The molecule has 1 fully saturated rings. The van der Waals surface area contributed by atoms with Crippen LogP contribution < -0.4 is 5.69 Å². The third-order valence-electron chi connectivity index (χ3n) is 4.33. The standard InChI is InChI=1S/C16H15FN4O2S/c1-19-15-11(7-10(8-18-15)12-3-4-13(17)24-12)21(16(19)23)9-14(22)20-5-2-6-20/h3-4,7-8H,2,5-6,9H2,1H3. The number of carbonyl (C=O) groups excluding carboxylic acids is 1. The molecule has 0 unspecified atom stereocenters. The zero-order valence-electron chi connectivity index (χ0n) is 13.0. The van der Waals surface area contributed by atoms with Crippen molar-refractivity contribution in [3.05, 3.63) is 40.0 Å². The molecule has 6 nitrogen and oxygen atoms in total. The number of rotatable bonds is 3. The minimum absolute atomic E-state index is 0.000107. The molecule has 0 spiro atoms. The van der Waals surface area contributed by atoms with Crippen molar-refractivity contribution in [1.29, 1.82) is 0 Å². The average Bonchev–Trinajstić information content (AvgIpc) is 3.03. The van der Waals surface area contributed by atoms with Crippen molar-refractivity contribution in [2.45, 2.75) is 13.0 Å². The molecule has 1 aliphatic heterocycles. The molecule has 24 heavy (non-hydrogen) atoms. The van der Waals surface area contributed by atoms with Gasteiger partial charge in [-0.15, -0.1) is 11.3 Å². The molecule has 4 rings (SSSR count). The molecule has 4 heterocycles. The van der Waals surface area contributed by atoms with Crippen molar-refractivity contribution in [2.24, 2.45) is 7.05 Å². The lowest BCUT2D eigenvalue weighted by atomic mass is 10.2. The lowest BCUT2D eigenvalue weighted by molar-refractivity contribution is -0.135. The number of thiophene rings is 1. The molecule has 124 valence electrons. The van der Waals surface area contributed by atoms with Crippen LogP contribution in [0, 0.1) is 5.13 Å². The molecular formula is C16H15FN4O2S. The highest BCUT2D eigenvalue weighted by Crippen LogP contribution is 2.28. The Labute approximate surface area is 140 Å². The number of aromatic nitrogens is 3. The van der Waals surface area contributed by atoms with E-state index in [2.05, 4.69) is 4.98 Å². The van der Waals surface area contributed by atoms with E-state index in [-0.39, 0.29) is 23.3 Å². The van der Waals surface area contributed by atoms with Crippen LogP contribution >= 0.6 is 11.3 Å². The Hall–Kier alpha value is -2.48. The molecule has 0 radical (unpaired) electrons. The van der Waals surface area contributed by atoms with E-state index in [1.807, 2.05) is 0 Å². The van der Waals surface area contributed by atoms with Gasteiger partial charge in [0.1, 0.15) is 6.54 Å². The highest BCUT2D eigenvalue weighted by molar-refractivity contribution is 7.13. The fraction of sp³-hybridized carbons (Fsp3) is 0.312. The van der Waals surface area contributed by atoms with Crippen molar-refractivity contribution >= 4 is 28.4 Å². The zero-order valence-corrected chi connectivity index (χ0v) is 13.8. The summed E-state index contributed by atoms with van der Waals surface area (Å²) < 4.78 is 16.1. The highest BCUT2D eigenvalue weighted by atomic mass is 32.1. The molecule has 3 aromatic rings. The Balaban J connectivity index is 1.80. The highest BCUT2D eigenvalue weighted by Gasteiger charge is 2.23. The van der Waals surface area contributed by atoms with Crippen LogP contribution in [-0.2, 0) is 18.4 Å². The number of fused-ring (bicyclic) bond motifs is 1. The summed E-state index contributed by atoms with van der Waals surface area (Å²) in [5.41, 5.74) is 1.55. The fourth-order valence-corrected chi connectivity index (χ4v) is 3.55. The van der Waals surface area contributed by atoms with Crippen LogP contribution in [0.25, 0.3) is 21.6 Å². The second kappa shape index (κ2) is 5.55. The van der Waals surface area contributed by atoms with Gasteiger partial charge in [0.15, 0.2) is 10.8 Å². The maximum absolute atomic E-state index is 13.3. The molecule has 1 saturated heterocycles. The van der Waals surface area contributed by atoms with Gasteiger partial charge >= 0.3 is 5.69 Å². The van der Waals surface area contributed by atoms with E-state index >= 15 is 0 Å². The SMILES string of the molecule is Cn1c(=O)n(CC(=O)N2CCC2)c2cc(-c3ccc(F)s3)cnc21. The Bertz CT molecular complexity index is 999. The first-order valence-electron chi connectivity index (χ1n) is 7.63. The lowest BCUT2D eigenvalue weighted by Crippen LogP contribution is -2.44. The normalized spacial score (nSPS) is 14.2. The first-order valence-corrected chi connectivity index (χ1v) is 8.45. The molecule has 0 aromatic carbocycles. The predicted molar refractivity (Wildman–Crippen MR) is 89.4 cm³/mol. The topological polar surface area (TPSA) is 60.1 Å². The van der Waals surface area contributed by atoms with Crippen molar-refractivity contribution in [3.8, 4) is 10.4 Å². The number of amides is 1. The van der Waals surface area contributed by atoms with E-state index in [0.29, 0.717) is 11.2 Å². The summed E-state index contributed by atoms with van der Waals surface area (Å²) in [5, 5.41) is -0.275. The molecule has 0 saturated carbocycles. The van der Waals surface area contributed by atoms with Gasteiger partial charge in [-0.05, 0) is 24.6 Å². The van der Waals surface area contributed by atoms with Crippen molar-refractivity contribution in [3.63, 3.8) is 0 Å². The van der Waals surface area contributed by atoms with Crippen LogP contribution in [0.2, 0.25) is 0 Å². The van der Waals surface area contributed by atoms with Gasteiger partial charge in [0.25, 0.3) is 0 Å². The Morgan fingerprint density at radius 1 is 1.38 bits per heavy atom. The predicted octanol–water partition coefficient (Wildman–Crippen LogP) is 1.83. The third kappa shape index (κ3) is 2.34. The minimum Gasteiger partial charge on any atom is -0.341 e. The van der Waals surface area contributed by atoms with Crippen molar-refractivity contribution < 1.29 is 9.18 Å². The Kier molecular flexibility index (Phi) is 3.49. The summed E-state index contributed by atoms with van der Waals surface area (Å²) in [5.74, 6) is -0.0663. The molecule has 3 aromatic heterocycles. The van der Waals surface area contributed by atoms with Gasteiger partial charge in [-0.3, -0.25) is 13.9 Å². The van der Waals surface area contributed by atoms with Gasteiger partial charge in [-0.25, -0.2) is 9.78 Å². The Morgan fingerprint density at radius 3 is 2.79 bits per heavy atom. The number of imidazole rings is 1. The lowest BCUT2D eigenvalue weighted by Gasteiger charge is -2.30. The number of hydrogen-bond acceptors (Lipinski definition) is 4. The van der Waals surface area contributed by atoms with Gasteiger partial charge in [0, 0.05) is 36.8 Å². The van der Waals surface area contributed by atoms with Crippen LogP contribution in [0.1, 0.15) is 6.42 Å². The first kappa shape index (κ1) is 15.1. The summed E-state index contributed by atoms with van der Waals surface area (Å²) in [6.45, 7) is 1.49.